The summed E-state index contributed by atoms with van der Waals surface area (Å²) in [5, 5.41) is 6.81. The first-order valence-electron chi connectivity index (χ1n) is 7.10. The molecule has 6 nitrogen and oxygen atoms in total. The molecule has 0 spiro atoms. The lowest BCUT2D eigenvalue weighted by molar-refractivity contribution is -0.428. The molecule has 0 atom stereocenters. The van der Waals surface area contributed by atoms with Gasteiger partial charge in [-0.05, 0) is 24.3 Å². The van der Waals surface area contributed by atoms with Crippen LogP contribution in [0, 0.1) is 0 Å². The van der Waals surface area contributed by atoms with Gasteiger partial charge >= 0.3 is 5.96 Å². The lowest BCUT2D eigenvalue weighted by Crippen LogP contribution is -2.29. The van der Waals surface area contributed by atoms with Crippen molar-refractivity contribution in [1.29, 1.82) is 0 Å². The molecule has 0 saturated carbocycles. The SMILES string of the molecule is CS(=O)(=O)[O-].c1ccc(NC2=[N+](c3ccccc3)CCN2)cc1. The first-order chi connectivity index (χ1) is 10.9. The molecule has 7 heteroatoms. The fourth-order valence-corrected chi connectivity index (χ4v) is 2.13. The Kier molecular flexibility index (Phi) is 5.72. The zero-order valence-corrected chi connectivity index (χ0v) is 13.6. The fraction of sp³-hybridized carbons (Fsp3) is 0.188. The number of nitrogens with one attached hydrogen (secondary N) is 2. The van der Waals surface area contributed by atoms with E-state index in [1.807, 2.05) is 24.3 Å². The molecule has 0 aliphatic carbocycles. The molecule has 0 aromatic heterocycles. The predicted octanol–water partition coefficient (Wildman–Crippen LogP) is 1.56. The summed E-state index contributed by atoms with van der Waals surface area (Å²) in [6.07, 6.45) is 0.604. The molecule has 0 bridgehead atoms. The Hall–Kier alpha value is -2.38. The van der Waals surface area contributed by atoms with Gasteiger partial charge in [-0.25, -0.2) is 18.3 Å². The van der Waals surface area contributed by atoms with Gasteiger partial charge in [-0.1, -0.05) is 36.4 Å². The highest BCUT2D eigenvalue weighted by Gasteiger charge is 2.21. The number of nitrogens with zero attached hydrogens (tertiary/aromatic N) is 1. The fourth-order valence-electron chi connectivity index (χ4n) is 2.13. The third-order valence-electron chi connectivity index (χ3n) is 3.00. The number of hydrogen-bond donors (Lipinski definition) is 2. The number of anilines is 1. The van der Waals surface area contributed by atoms with Gasteiger partial charge in [0.05, 0.1) is 22.4 Å². The monoisotopic (exact) mass is 333 g/mol. The summed E-state index contributed by atoms with van der Waals surface area (Å²) < 4.78 is 29.5. The zero-order valence-electron chi connectivity index (χ0n) is 12.8. The van der Waals surface area contributed by atoms with Crippen molar-refractivity contribution < 1.29 is 17.5 Å². The summed E-state index contributed by atoms with van der Waals surface area (Å²) in [7, 11) is -3.92. The third kappa shape index (κ3) is 6.09. The molecule has 1 aliphatic rings. The standard InChI is InChI=1S/C15H15N3.CH4O3S/c1-3-7-13(8-4-1)17-15-16-11-12-18(15)14-9-5-2-6-10-14;1-5(2,3)4/h1-10H,11-12H2,(H,16,17);1H3,(H,2,3,4). The topological polar surface area (TPSA) is 84.3 Å². The molecule has 0 unspecified atom stereocenters. The van der Waals surface area contributed by atoms with Gasteiger partial charge in [-0.2, -0.15) is 0 Å². The Labute approximate surface area is 136 Å². The molecular formula is C16H19N3O3S. The van der Waals surface area contributed by atoms with Crippen molar-refractivity contribution in [3.05, 3.63) is 60.7 Å². The van der Waals surface area contributed by atoms with E-state index in [9.17, 15) is 0 Å². The van der Waals surface area contributed by atoms with Gasteiger partial charge < -0.3 is 4.55 Å². The quantitative estimate of drug-likeness (QED) is 0.644. The van der Waals surface area contributed by atoms with Crippen molar-refractivity contribution in [2.45, 2.75) is 0 Å². The summed E-state index contributed by atoms with van der Waals surface area (Å²) >= 11 is 0. The van der Waals surface area contributed by atoms with Crippen LogP contribution >= 0.6 is 0 Å². The molecule has 1 aliphatic heterocycles. The first kappa shape index (κ1) is 17.0. The molecular weight excluding hydrogens is 314 g/mol. The molecule has 0 radical (unpaired) electrons. The maximum Gasteiger partial charge on any atom is 0.355 e. The molecule has 2 aromatic rings. The molecule has 0 fully saturated rings. The Bertz CT molecular complexity index is 752. The summed E-state index contributed by atoms with van der Waals surface area (Å²) in [6.45, 7) is 1.95. The van der Waals surface area contributed by atoms with E-state index >= 15 is 0 Å². The van der Waals surface area contributed by atoms with E-state index in [1.165, 1.54) is 5.69 Å². The summed E-state index contributed by atoms with van der Waals surface area (Å²) in [5.74, 6) is 1.05. The zero-order chi connectivity index (χ0) is 16.7. The summed E-state index contributed by atoms with van der Waals surface area (Å²) in [4.78, 5) is 0. The highest BCUT2D eigenvalue weighted by Crippen LogP contribution is 2.13. The second-order valence-corrected chi connectivity index (χ2v) is 6.37. The van der Waals surface area contributed by atoms with Gasteiger partial charge in [0.1, 0.15) is 12.2 Å². The van der Waals surface area contributed by atoms with Crippen LogP contribution in [0.1, 0.15) is 0 Å². The normalized spacial score (nSPS) is 13.8. The largest absolute Gasteiger partial charge is 0.748 e. The van der Waals surface area contributed by atoms with E-state index < -0.39 is 10.1 Å². The van der Waals surface area contributed by atoms with E-state index in [4.69, 9.17) is 13.0 Å². The number of rotatable bonds is 2. The first-order valence-corrected chi connectivity index (χ1v) is 8.91. The van der Waals surface area contributed by atoms with Crippen molar-refractivity contribution in [3.63, 3.8) is 0 Å². The summed E-state index contributed by atoms with van der Waals surface area (Å²) in [5.41, 5.74) is 2.31. The number of guanidine groups is 1. The molecule has 2 aromatic carbocycles. The third-order valence-corrected chi connectivity index (χ3v) is 3.00. The van der Waals surface area contributed by atoms with Crippen molar-refractivity contribution in [3.8, 4) is 0 Å². The van der Waals surface area contributed by atoms with Gasteiger partial charge in [0.15, 0.2) is 0 Å². The highest BCUT2D eigenvalue weighted by atomic mass is 32.2. The van der Waals surface area contributed by atoms with Crippen LogP contribution in [0.2, 0.25) is 0 Å². The Morgan fingerprint density at radius 3 is 2.13 bits per heavy atom. The molecule has 3 rings (SSSR count). The van der Waals surface area contributed by atoms with E-state index in [1.54, 1.807) is 0 Å². The summed E-state index contributed by atoms with van der Waals surface area (Å²) in [6, 6.07) is 20.6. The average molecular weight is 333 g/mol. The van der Waals surface area contributed by atoms with Crippen LogP contribution < -0.4 is 10.6 Å². The minimum atomic E-state index is -3.92. The number of benzene rings is 2. The highest BCUT2D eigenvalue weighted by molar-refractivity contribution is 7.84. The Morgan fingerprint density at radius 1 is 1.04 bits per heavy atom. The van der Waals surface area contributed by atoms with Gasteiger partial charge in [0.2, 0.25) is 0 Å². The molecule has 0 saturated heterocycles. The Balaban J connectivity index is 0.000000338. The Morgan fingerprint density at radius 2 is 1.57 bits per heavy atom. The second kappa shape index (κ2) is 7.75. The van der Waals surface area contributed by atoms with Crippen molar-refractivity contribution >= 4 is 27.5 Å². The molecule has 0 amide bonds. The maximum atomic E-state index is 9.08. The van der Waals surface area contributed by atoms with E-state index in [2.05, 4.69) is 51.6 Å². The van der Waals surface area contributed by atoms with Crippen molar-refractivity contribution in [1.82, 2.24) is 5.32 Å². The molecule has 2 N–H and O–H groups in total. The lowest BCUT2D eigenvalue weighted by atomic mass is 10.3. The van der Waals surface area contributed by atoms with E-state index in [0.717, 1.165) is 24.7 Å². The van der Waals surface area contributed by atoms with E-state index in [-0.39, 0.29) is 0 Å². The molecule has 122 valence electrons. The smallest absolute Gasteiger partial charge is 0.355 e. The van der Waals surface area contributed by atoms with Crippen LogP contribution in [0.3, 0.4) is 0 Å². The van der Waals surface area contributed by atoms with Gasteiger partial charge in [0, 0.05) is 6.26 Å². The van der Waals surface area contributed by atoms with Crippen LogP contribution in [0.15, 0.2) is 60.7 Å². The van der Waals surface area contributed by atoms with Crippen molar-refractivity contribution in [2.24, 2.45) is 0 Å². The average Bonchev–Trinajstić information content (AvgIpc) is 2.96. The lowest BCUT2D eigenvalue weighted by Gasteiger charge is -2.05. The van der Waals surface area contributed by atoms with Crippen LogP contribution in [0.25, 0.3) is 0 Å². The maximum absolute atomic E-state index is 9.08. The van der Waals surface area contributed by atoms with Gasteiger partial charge in [-0.15, -0.1) is 0 Å². The molecule has 1 heterocycles. The number of hydrogen-bond acceptors (Lipinski definition) is 5. The van der Waals surface area contributed by atoms with Crippen LogP contribution in [-0.2, 0) is 10.1 Å². The van der Waals surface area contributed by atoms with Gasteiger partial charge in [0.25, 0.3) is 0 Å². The molecule has 23 heavy (non-hydrogen) atoms. The minimum absolute atomic E-state index is 0.604. The van der Waals surface area contributed by atoms with Gasteiger partial charge in [-0.3, -0.25) is 5.32 Å². The van der Waals surface area contributed by atoms with Crippen LogP contribution in [0.5, 0.6) is 0 Å². The van der Waals surface area contributed by atoms with Crippen LogP contribution in [-0.4, -0.2) is 42.9 Å². The van der Waals surface area contributed by atoms with Crippen LogP contribution in [0.4, 0.5) is 11.4 Å². The predicted molar refractivity (Wildman–Crippen MR) is 89.9 cm³/mol. The van der Waals surface area contributed by atoms with E-state index in [0.29, 0.717) is 6.26 Å². The van der Waals surface area contributed by atoms with Crippen molar-refractivity contribution in [2.75, 3.05) is 24.7 Å². The second-order valence-electron chi connectivity index (χ2n) is 4.96. The minimum Gasteiger partial charge on any atom is -0.748 e. The number of para-hydroxylation sites is 2.